The van der Waals surface area contributed by atoms with Crippen molar-refractivity contribution in [3.63, 3.8) is 0 Å². The van der Waals surface area contributed by atoms with E-state index in [0.29, 0.717) is 0 Å². The molecule has 3 rings (SSSR count). The number of guanidine groups is 1. The fourth-order valence-electron chi connectivity index (χ4n) is 3.46. The van der Waals surface area contributed by atoms with Crippen molar-refractivity contribution in [1.29, 1.82) is 0 Å². The van der Waals surface area contributed by atoms with Crippen LogP contribution < -0.4 is 10.2 Å². The second-order valence-corrected chi connectivity index (χ2v) is 6.01. The van der Waals surface area contributed by atoms with Crippen molar-refractivity contribution in [2.45, 2.75) is 19.8 Å². The summed E-state index contributed by atoms with van der Waals surface area (Å²) in [5.41, 5.74) is 2.74. The van der Waals surface area contributed by atoms with Gasteiger partial charge in [0.25, 0.3) is 0 Å². The second kappa shape index (κ2) is 6.48. The fraction of sp³-hybridized carbons (Fsp3) is 0.588. The van der Waals surface area contributed by atoms with Gasteiger partial charge in [0.1, 0.15) is 0 Å². The zero-order valence-electron chi connectivity index (χ0n) is 13.2. The molecule has 0 saturated carbocycles. The largest absolute Gasteiger partial charge is 0.356 e. The summed E-state index contributed by atoms with van der Waals surface area (Å²) < 4.78 is 0. The number of fused-ring (bicyclic) bond motifs is 1. The molecular formula is C17H26N4. The number of para-hydroxylation sites is 1. The van der Waals surface area contributed by atoms with Crippen LogP contribution in [0.15, 0.2) is 29.3 Å². The van der Waals surface area contributed by atoms with Crippen molar-refractivity contribution in [2.75, 3.05) is 44.7 Å². The average Bonchev–Trinajstić information content (AvgIpc) is 3.15. The van der Waals surface area contributed by atoms with Gasteiger partial charge in [-0.1, -0.05) is 25.1 Å². The number of nitrogens with zero attached hydrogens (tertiary/aromatic N) is 3. The molecule has 0 amide bonds. The van der Waals surface area contributed by atoms with E-state index in [4.69, 9.17) is 0 Å². The maximum atomic E-state index is 4.49. The topological polar surface area (TPSA) is 30.9 Å². The molecule has 0 spiro atoms. The molecule has 1 atom stereocenters. The Kier molecular flexibility index (Phi) is 4.44. The summed E-state index contributed by atoms with van der Waals surface area (Å²) in [5, 5.41) is 3.59. The third-order valence-electron chi connectivity index (χ3n) is 4.72. The van der Waals surface area contributed by atoms with Gasteiger partial charge in [0.15, 0.2) is 5.96 Å². The standard InChI is InChI=1S/C17H26N4/c1-3-20-10-8-14(13-20)12-19-17(18-2)21-11-9-15-6-4-5-7-16(15)21/h4-7,14H,3,8-13H2,1-2H3,(H,18,19). The predicted octanol–water partition coefficient (Wildman–Crippen LogP) is 1.97. The van der Waals surface area contributed by atoms with Crippen LogP contribution in [0.2, 0.25) is 0 Å². The minimum Gasteiger partial charge on any atom is -0.356 e. The normalized spacial score (nSPS) is 22.7. The summed E-state index contributed by atoms with van der Waals surface area (Å²) in [6.45, 7) is 7.94. The highest BCUT2D eigenvalue weighted by atomic mass is 15.3. The molecule has 0 aromatic heterocycles. The number of likely N-dealkylation sites (tertiary alicyclic amines) is 1. The molecular weight excluding hydrogens is 260 g/mol. The summed E-state index contributed by atoms with van der Waals surface area (Å²) in [5.74, 6) is 1.77. The summed E-state index contributed by atoms with van der Waals surface area (Å²) in [7, 11) is 1.89. The zero-order valence-corrected chi connectivity index (χ0v) is 13.2. The highest BCUT2D eigenvalue weighted by Crippen LogP contribution is 2.27. The lowest BCUT2D eigenvalue weighted by Gasteiger charge is -2.23. The maximum Gasteiger partial charge on any atom is 0.198 e. The third-order valence-corrected chi connectivity index (χ3v) is 4.72. The Morgan fingerprint density at radius 1 is 1.33 bits per heavy atom. The molecule has 1 unspecified atom stereocenters. The maximum absolute atomic E-state index is 4.49. The Labute approximate surface area is 127 Å². The van der Waals surface area contributed by atoms with E-state index >= 15 is 0 Å². The minimum absolute atomic E-state index is 0.750. The van der Waals surface area contributed by atoms with Gasteiger partial charge < -0.3 is 15.1 Å². The molecule has 2 heterocycles. The second-order valence-electron chi connectivity index (χ2n) is 6.01. The number of rotatable bonds is 3. The summed E-state index contributed by atoms with van der Waals surface area (Å²) in [6, 6.07) is 8.65. The quantitative estimate of drug-likeness (QED) is 0.681. The monoisotopic (exact) mass is 286 g/mol. The number of nitrogens with one attached hydrogen (secondary N) is 1. The van der Waals surface area contributed by atoms with Crippen molar-refractivity contribution < 1.29 is 0 Å². The van der Waals surface area contributed by atoms with Crippen molar-refractivity contribution in [3.05, 3.63) is 29.8 Å². The first-order valence-electron chi connectivity index (χ1n) is 8.10. The van der Waals surface area contributed by atoms with Crippen LogP contribution in [0.3, 0.4) is 0 Å². The lowest BCUT2D eigenvalue weighted by atomic mass is 10.1. The molecule has 1 fully saturated rings. The minimum atomic E-state index is 0.750. The smallest absolute Gasteiger partial charge is 0.198 e. The van der Waals surface area contributed by atoms with E-state index in [1.54, 1.807) is 0 Å². The van der Waals surface area contributed by atoms with E-state index in [1.807, 2.05) is 7.05 Å². The van der Waals surface area contributed by atoms with Gasteiger partial charge in [-0.15, -0.1) is 0 Å². The van der Waals surface area contributed by atoms with E-state index in [1.165, 1.54) is 37.3 Å². The molecule has 21 heavy (non-hydrogen) atoms. The molecule has 4 nitrogen and oxygen atoms in total. The first-order valence-corrected chi connectivity index (χ1v) is 8.10. The number of anilines is 1. The van der Waals surface area contributed by atoms with Gasteiger partial charge in [0.05, 0.1) is 0 Å². The van der Waals surface area contributed by atoms with Gasteiger partial charge >= 0.3 is 0 Å². The molecule has 1 aromatic rings. The number of benzene rings is 1. The summed E-state index contributed by atoms with van der Waals surface area (Å²) in [6.07, 6.45) is 2.42. The van der Waals surface area contributed by atoms with Crippen molar-refractivity contribution in [3.8, 4) is 0 Å². The molecule has 0 bridgehead atoms. The van der Waals surface area contributed by atoms with Crippen LogP contribution in [0.25, 0.3) is 0 Å². The Hall–Kier alpha value is -1.55. The zero-order chi connectivity index (χ0) is 14.7. The fourth-order valence-corrected chi connectivity index (χ4v) is 3.46. The number of hydrogen-bond donors (Lipinski definition) is 1. The Balaban J connectivity index is 1.60. The van der Waals surface area contributed by atoms with Crippen LogP contribution in [0.4, 0.5) is 5.69 Å². The molecule has 2 aliphatic rings. The van der Waals surface area contributed by atoms with Gasteiger partial charge in [-0.05, 0) is 43.5 Å². The van der Waals surface area contributed by atoms with E-state index in [0.717, 1.165) is 31.4 Å². The number of aliphatic imine (C=N–C) groups is 1. The summed E-state index contributed by atoms with van der Waals surface area (Å²) in [4.78, 5) is 9.34. The van der Waals surface area contributed by atoms with Gasteiger partial charge in [0, 0.05) is 32.4 Å². The molecule has 4 heteroatoms. The van der Waals surface area contributed by atoms with Crippen molar-refractivity contribution in [1.82, 2.24) is 10.2 Å². The van der Waals surface area contributed by atoms with Crippen LogP contribution in [0.1, 0.15) is 18.9 Å². The van der Waals surface area contributed by atoms with Crippen LogP contribution in [-0.2, 0) is 6.42 Å². The Morgan fingerprint density at radius 2 is 2.19 bits per heavy atom. The first-order chi connectivity index (χ1) is 10.3. The molecule has 1 aromatic carbocycles. The molecule has 1 N–H and O–H groups in total. The lowest BCUT2D eigenvalue weighted by Crippen LogP contribution is -2.42. The molecule has 0 aliphatic carbocycles. The lowest BCUT2D eigenvalue weighted by molar-refractivity contribution is 0.342. The van der Waals surface area contributed by atoms with Crippen molar-refractivity contribution >= 4 is 11.6 Å². The molecule has 1 saturated heterocycles. The van der Waals surface area contributed by atoms with Gasteiger partial charge in [-0.3, -0.25) is 4.99 Å². The van der Waals surface area contributed by atoms with Crippen LogP contribution in [0.5, 0.6) is 0 Å². The van der Waals surface area contributed by atoms with Crippen LogP contribution in [-0.4, -0.2) is 50.6 Å². The van der Waals surface area contributed by atoms with Gasteiger partial charge in [-0.2, -0.15) is 0 Å². The van der Waals surface area contributed by atoms with E-state index < -0.39 is 0 Å². The Morgan fingerprint density at radius 3 is 2.95 bits per heavy atom. The predicted molar refractivity (Wildman–Crippen MR) is 89.1 cm³/mol. The average molecular weight is 286 g/mol. The van der Waals surface area contributed by atoms with Crippen LogP contribution >= 0.6 is 0 Å². The van der Waals surface area contributed by atoms with E-state index in [9.17, 15) is 0 Å². The first kappa shape index (κ1) is 14.4. The SMILES string of the molecule is CCN1CCC(CNC(=NC)N2CCc3ccccc32)C1. The summed E-state index contributed by atoms with van der Waals surface area (Å²) >= 11 is 0. The highest BCUT2D eigenvalue weighted by Gasteiger charge is 2.25. The van der Waals surface area contributed by atoms with Crippen LogP contribution in [0, 0.1) is 5.92 Å². The highest BCUT2D eigenvalue weighted by molar-refractivity contribution is 5.97. The van der Waals surface area contributed by atoms with Crippen molar-refractivity contribution in [2.24, 2.45) is 10.9 Å². The molecule has 0 radical (unpaired) electrons. The third kappa shape index (κ3) is 3.05. The van der Waals surface area contributed by atoms with Gasteiger partial charge in [-0.25, -0.2) is 0 Å². The number of hydrogen-bond acceptors (Lipinski definition) is 2. The Bertz CT molecular complexity index is 511. The van der Waals surface area contributed by atoms with Gasteiger partial charge in [0.2, 0.25) is 0 Å². The molecule has 114 valence electrons. The van der Waals surface area contributed by atoms with E-state index in [-0.39, 0.29) is 0 Å². The molecule has 2 aliphatic heterocycles. The van der Waals surface area contributed by atoms with E-state index in [2.05, 4.69) is 51.3 Å².